The van der Waals surface area contributed by atoms with Crippen LogP contribution in [-0.2, 0) is 27.3 Å². The minimum absolute atomic E-state index is 0.00733. The van der Waals surface area contributed by atoms with Crippen molar-refractivity contribution >= 4 is 11.8 Å². The number of nitrogens with one attached hydrogen (secondary N) is 1. The average molecular weight is 468 g/mol. The van der Waals surface area contributed by atoms with Gasteiger partial charge >= 0.3 is 0 Å². The maximum atomic E-state index is 13.5. The van der Waals surface area contributed by atoms with Crippen LogP contribution in [0.25, 0.3) is 0 Å². The van der Waals surface area contributed by atoms with Crippen LogP contribution in [0.2, 0.25) is 0 Å². The predicted octanol–water partition coefficient (Wildman–Crippen LogP) is 3.31. The third-order valence-electron chi connectivity index (χ3n) is 6.67. The summed E-state index contributed by atoms with van der Waals surface area (Å²) in [5.74, 6) is -0.203. The molecule has 1 saturated heterocycles. The van der Waals surface area contributed by atoms with E-state index in [0.29, 0.717) is 39.1 Å². The van der Waals surface area contributed by atoms with Crippen molar-refractivity contribution < 1.29 is 18.7 Å². The largest absolute Gasteiger partial charge is 0.379 e. The number of carbonyl (C=O) groups is 2. The fraction of sp³-hybridized carbons (Fsp3) is 0.481. The minimum Gasteiger partial charge on any atom is -0.379 e. The Bertz CT molecular complexity index is 989. The summed E-state index contributed by atoms with van der Waals surface area (Å²) in [6, 6.07) is 13.8. The molecule has 2 unspecified atom stereocenters. The number of morpholine rings is 1. The standard InChI is InChI=1S/C27H34FN3O3/c1-19(2)15-26(32)31-18-22-6-4-3-5-21(22)16-24(31)27(33)29-17-25(30-11-13-34-14-12-30)20-7-9-23(28)10-8-20/h3-10,19,24-25H,11-18H2,1-2H3,(H,29,33). The Morgan fingerprint density at radius 1 is 1.06 bits per heavy atom. The summed E-state index contributed by atoms with van der Waals surface area (Å²) in [5.41, 5.74) is 3.16. The molecule has 2 aliphatic rings. The first-order chi connectivity index (χ1) is 16.4. The smallest absolute Gasteiger partial charge is 0.243 e. The zero-order valence-corrected chi connectivity index (χ0v) is 20.0. The van der Waals surface area contributed by atoms with Crippen LogP contribution in [0, 0.1) is 11.7 Å². The number of benzene rings is 2. The lowest BCUT2D eigenvalue weighted by Gasteiger charge is -2.38. The third-order valence-corrected chi connectivity index (χ3v) is 6.67. The summed E-state index contributed by atoms with van der Waals surface area (Å²) in [6.45, 7) is 7.60. The molecule has 0 aromatic heterocycles. The average Bonchev–Trinajstić information content (AvgIpc) is 2.84. The molecule has 2 aromatic carbocycles. The van der Waals surface area contributed by atoms with Crippen LogP contribution >= 0.6 is 0 Å². The maximum absolute atomic E-state index is 13.5. The monoisotopic (exact) mass is 467 g/mol. The van der Waals surface area contributed by atoms with Crippen molar-refractivity contribution in [2.75, 3.05) is 32.8 Å². The minimum atomic E-state index is -0.542. The first-order valence-corrected chi connectivity index (χ1v) is 12.1. The number of halogens is 1. The van der Waals surface area contributed by atoms with Crippen LogP contribution < -0.4 is 5.32 Å². The van der Waals surface area contributed by atoms with E-state index in [1.807, 2.05) is 38.1 Å². The molecule has 2 heterocycles. The summed E-state index contributed by atoms with van der Waals surface area (Å²) in [7, 11) is 0. The van der Waals surface area contributed by atoms with E-state index in [1.165, 1.54) is 12.1 Å². The fourth-order valence-corrected chi connectivity index (χ4v) is 4.83. The van der Waals surface area contributed by atoms with E-state index in [0.717, 1.165) is 29.8 Å². The van der Waals surface area contributed by atoms with E-state index in [9.17, 15) is 14.0 Å². The number of ether oxygens (including phenoxy) is 1. The van der Waals surface area contributed by atoms with Gasteiger partial charge < -0.3 is 15.0 Å². The van der Waals surface area contributed by atoms with Crippen molar-refractivity contribution in [3.05, 3.63) is 71.0 Å². The Labute approximate surface area is 201 Å². The zero-order valence-electron chi connectivity index (χ0n) is 20.0. The van der Waals surface area contributed by atoms with Gasteiger partial charge in [-0.2, -0.15) is 0 Å². The summed E-state index contributed by atoms with van der Waals surface area (Å²) >= 11 is 0. The number of hydrogen-bond donors (Lipinski definition) is 1. The molecule has 182 valence electrons. The number of nitrogens with zero attached hydrogens (tertiary/aromatic N) is 2. The molecule has 0 saturated carbocycles. The topological polar surface area (TPSA) is 61.9 Å². The third kappa shape index (κ3) is 5.83. The van der Waals surface area contributed by atoms with Crippen molar-refractivity contribution in [1.82, 2.24) is 15.1 Å². The van der Waals surface area contributed by atoms with Gasteiger partial charge in [0, 0.05) is 39.0 Å². The first kappa shape index (κ1) is 24.4. The van der Waals surface area contributed by atoms with Gasteiger partial charge in [0.15, 0.2) is 0 Å². The van der Waals surface area contributed by atoms with Crippen LogP contribution in [0.1, 0.15) is 43.0 Å². The molecule has 0 spiro atoms. The maximum Gasteiger partial charge on any atom is 0.243 e. The highest BCUT2D eigenvalue weighted by Crippen LogP contribution is 2.26. The predicted molar refractivity (Wildman–Crippen MR) is 128 cm³/mol. The molecule has 7 heteroatoms. The Hall–Kier alpha value is -2.77. The number of hydrogen-bond acceptors (Lipinski definition) is 4. The zero-order chi connectivity index (χ0) is 24.1. The molecule has 2 atom stereocenters. The highest BCUT2D eigenvalue weighted by atomic mass is 19.1. The molecule has 1 N–H and O–H groups in total. The van der Waals surface area contributed by atoms with E-state index in [-0.39, 0.29) is 29.6 Å². The molecule has 4 rings (SSSR count). The van der Waals surface area contributed by atoms with E-state index in [2.05, 4.69) is 10.2 Å². The molecule has 1 fully saturated rings. The normalized spacial score (nSPS) is 19.5. The Morgan fingerprint density at radius 3 is 2.41 bits per heavy atom. The Morgan fingerprint density at radius 2 is 1.74 bits per heavy atom. The Kier molecular flexibility index (Phi) is 7.95. The van der Waals surface area contributed by atoms with E-state index in [1.54, 1.807) is 17.0 Å². The summed E-state index contributed by atoms with van der Waals surface area (Å²) in [6.07, 6.45) is 0.919. The van der Waals surface area contributed by atoms with Gasteiger partial charge in [0.25, 0.3) is 0 Å². The molecule has 34 heavy (non-hydrogen) atoms. The fourth-order valence-electron chi connectivity index (χ4n) is 4.83. The molecule has 6 nitrogen and oxygen atoms in total. The van der Waals surface area contributed by atoms with E-state index in [4.69, 9.17) is 4.74 Å². The highest BCUT2D eigenvalue weighted by molar-refractivity contribution is 5.88. The van der Waals surface area contributed by atoms with E-state index < -0.39 is 6.04 Å². The number of carbonyl (C=O) groups excluding carboxylic acids is 2. The van der Waals surface area contributed by atoms with Crippen LogP contribution in [0.4, 0.5) is 4.39 Å². The number of rotatable bonds is 7. The van der Waals surface area contributed by atoms with Gasteiger partial charge in [0.1, 0.15) is 11.9 Å². The van der Waals surface area contributed by atoms with Crippen molar-refractivity contribution in [3.8, 4) is 0 Å². The van der Waals surface area contributed by atoms with Crippen molar-refractivity contribution in [3.63, 3.8) is 0 Å². The van der Waals surface area contributed by atoms with Crippen LogP contribution in [0.3, 0.4) is 0 Å². The van der Waals surface area contributed by atoms with Gasteiger partial charge in [-0.1, -0.05) is 50.2 Å². The summed E-state index contributed by atoms with van der Waals surface area (Å²) < 4.78 is 19.0. The second-order valence-electron chi connectivity index (χ2n) is 9.57. The van der Waals surface area contributed by atoms with Crippen molar-refractivity contribution in [1.29, 1.82) is 0 Å². The van der Waals surface area contributed by atoms with Crippen LogP contribution in [0.5, 0.6) is 0 Å². The van der Waals surface area contributed by atoms with E-state index >= 15 is 0 Å². The Balaban J connectivity index is 1.51. The lowest BCUT2D eigenvalue weighted by atomic mass is 9.92. The molecule has 0 aliphatic carbocycles. The van der Waals surface area contributed by atoms with Gasteiger partial charge in [-0.25, -0.2) is 4.39 Å². The highest BCUT2D eigenvalue weighted by Gasteiger charge is 2.35. The molecular weight excluding hydrogens is 433 g/mol. The molecule has 2 aliphatic heterocycles. The van der Waals surface area contributed by atoms with Gasteiger partial charge in [0.2, 0.25) is 11.8 Å². The van der Waals surface area contributed by atoms with Gasteiger partial charge in [-0.3, -0.25) is 14.5 Å². The number of fused-ring (bicyclic) bond motifs is 1. The molecule has 2 amide bonds. The molecule has 0 bridgehead atoms. The van der Waals surface area contributed by atoms with Gasteiger partial charge in [0.05, 0.1) is 19.3 Å². The first-order valence-electron chi connectivity index (χ1n) is 12.1. The molecule has 2 aromatic rings. The van der Waals surface area contributed by atoms with Crippen molar-refractivity contribution in [2.45, 2.75) is 45.3 Å². The SMILES string of the molecule is CC(C)CC(=O)N1Cc2ccccc2CC1C(=O)NCC(c1ccc(F)cc1)N1CCOCC1. The summed E-state index contributed by atoms with van der Waals surface area (Å²) in [5, 5.41) is 3.12. The number of amides is 2. The lowest BCUT2D eigenvalue weighted by Crippen LogP contribution is -2.54. The van der Waals surface area contributed by atoms with Gasteiger partial charge in [-0.15, -0.1) is 0 Å². The lowest BCUT2D eigenvalue weighted by molar-refractivity contribution is -0.142. The molecule has 0 radical (unpaired) electrons. The quantitative estimate of drug-likeness (QED) is 0.679. The summed E-state index contributed by atoms with van der Waals surface area (Å²) in [4.78, 5) is 30.5. The van der Waals surface area contributed by atoms with Crippen LogP contribution in [0.15, 0.2) is 48.5 Å². The second-order valence-corrected chi connectivity index (χ2v) is 9.57. The second kappa shape index (κ2) is 11.1. The van der Waals surface area contributed by atoms with Crippen LogP contribution in [-0.4, -0.2) is 60.5 Å². The molecular formula is C27H34FN3O3. The van der Waals surface area contributed by atoms with Crippen molar-refractivity contribution in [2.24, 2.45) is 5.92 Å². The van der Waals surface area contributed by atoms with Gasteiger partial charge in [-0.05, 0) is 34.7 Å².